The minimum Gasteiger partial charge on any atom is -0.381 e. The summed E-state index contributed by atoms with van der Waals surface area (Å²) in [5.41, 5.74) is 0.555. The maximum Gasteiger partial charge on any atom is 0.268 e. The van der Waals surface area contributed by atoms with Crippen LogP contribution in [0.5, 0.6) is 0 Å². The molecule has 2 N–H and O–H groups in total. The number of ether oxygens (including phenoxy) is 1. The van der Waals surface area contributed by atoms with Crippen LogP contribution >= 0.6 is 0 Å². The molecule has 0 saturated heterocycles. The molecule has 0 unspecified atom stereocenters. The second-order valence-corrected chi connectivity index (χ2v) is 5.77. The molecule has 23 heavy (non-hydrogen) atoms. The number of carbonyl (C=O) groups is 1. The smallest absolute Gasteiger partial charge is 0.268 e. The standard InChI is InChI=1S/C16H20N4O3/c1-23-13-4-2-11(3-5-13)18-16(22)14-8-12(9-15(21)19-14)20-7-6-17-10-20/h6-11,13H,2-5H2,1H3,(H,18,22)(H,19,21). The van der Waals surface area contributed by atoms with E-state index in [1.807, 2.05) is 0 Å². The Balaban J connectivity index is 1.71. The molecule has 2 aromatic heterocycles. The quantitative estimate of drug-likeness (QED) is 0.888. The topological polar surface area (TPSA) is 89.0 Å². The van der Waals surface area contributed by atoms with Gasteiger partial charge in [0.05, 0.1) is 18.1 Å². The van der Waals surface area contributed by atoms with Crippen LogP contribution in [0.4, 0.5) is 0 Å². The lowest BCUT2D eigenvalue weighted by atomic mass is 9.93. The van der Waals surface area contributed by atoms with Gasteiger partial charge in [0.15, 0.2) is 0 Å². The lowest BCUT2D eigenvalue weighted by Gasteiger charge is -2.28. The summed E-state index contributed by atoms with van der Waals surface area (Å²) in [6.07, 6.45) is 8.86. The van der Waals surface area contributed by atoms with Gasteiger partial charge in [-0.25, -0.2) is 4.98 Å². The number of H-pyrrole nitrogens is 1. The third-order valence-electron chi connectivity index (χ3n) is 4.22. The van der Waals surface area contributed by atoms with Gasteiger partial charge in [-0.2, -0.15) is 0 Å². The second-order valence-electron chi connectivity index (χ2n) is 5.77. The molecule has 0 aliphatic heterocycles. The number of aromatic amines is 1. The zero-order valence-electron chi connectivity index (χ0n) is 13.0. The Bertz CT molecular complexity index is 715. The van der Waals surface area contributed by atoms with Crippen molar-refractivity contribution in [3.63, 3.8) is 0 Å². The van der Waals surface area contributed by atoms with Gasteiger partial charge in [-0.1, -0.05) is 0 Å². The minimum absolute atomic E-state index is 0.120. The summed E-state index contributed by atoms with van der Waals surface area (Å²) >= 11 is 0. The average Bonchev–Trinajstić information content (AvgIpc) is 3.09. The normalized spacial score (nSPS) is 21.1. The van der Waals surface area contributed by atoms with E-state index in [0.29, 0.717) is 5.69 Å². The number of hydrogen-bond acceptors (Lipinski definition) is 4. The van der Waals surface area contributed by atoms with Crippen LogP contribution in [0.2, 0.25) is 0 Å². The van der Waals surface area contributed by atoms with E-state index in [-0.39, 0.29) is 29.3 Å². The van der Waals surface area contributed by atoms with Crippen molar-refractivity contribution in [3.05, 3.63) is 46.9 Å². The Kier molecular flexibility index (Phi) is 4.57. The Hall–Kier alpha value is -2.41. The van der Waals surface area contributed by atoms with Crippen molar-refractivity contribution in [3.8, 4) is 5.69 Å². The Morgan fingerprint density at radius 2 is 2.13 bits per heavy atom. The highest BCUT2D eigenvalue weighted by Crippen LogP contribution is 2.20. The fourth-order valence-corrected chi connectivity index (χ4v) is 2.92. The van der Waals surface area contributed by atoms with Crippen molar-refractivity contribution in [2.75, 3.05) is 7.11 Å². The molecule has 2 heterocycles. The fourth-order valence-electron chi connectivity index (χ4n) is 2.92. The summed E-state index contributed by atoms with van der Waals surface area (Å²) in [5.74, 6) is -0.259. The van der Waals surface area contributed by atoms with Crippen molar-refractivity contribution < 1.29 is 9.53 Å². The van der Waals surface area contributed by atoms with Gasteiger partial charge in [-0.15, -0.1) is 0 Å². The largest absolute Gasteiger partial charge is 0.381 e. The van der Waals surface area contributed by atoms with Crippen LogP contribution in [-0.2, 0) is 4.74 Å². The first-order valence-electron chi connectivity index (χ1n) is 7.72. The van der Waals surface area contributed by atoms with Gasteiger partial charge in [-0.05, 0) is 31.7 Å². The van der Waals surface area contributed by atoms with Gasteiger partial charge in [0.2, 0.25) is 0 Å². The molecule has 0 atom stereocenters. The number of rotatable bonds is 4. The second kappa shape index (κ2) is 6.78. The van der Waals surface area contributed by atoms with Crippen molar-refractivity contribution in [1.82, 2.24) is 19.9 Å². The van der Waals surface area contributed by atoms with Crippen molar-refractivity contribution >= 4 is 5.91 Å². The molecular formula is C16H20N4O3. The van der Waals surface area contributed by atoms with Gasteiger partial charge in [0.25, 0.3) is 11.5 Å². The van der Waals surface area contributed by atoms with E-state index in [1.165, 1.54) is 6.07 Å². The molecule has 1 aliphatic carbocycles. The molecule has 122 valence electrons. The van der Waals surface area contributed by atoms with Gasteiger partial charge in [0.1, 0.15) is 5.69 Å². The predicted octanol–water partition coefficient (Wildman–Crippen LogP) is 1.25. The van der Waals surface area contributed by atoms with Crippen LogP contribution in [0.3, 0.4) is 0 Å². The van der Waals surface area contributed by atoms with Crippen LogP contribution in [-0.4, -0.2) is 39.7 Å². The third kappa shape index (κ3) is 3.68. The van der Waals surface area contributed by atoms with E-state index in [9.17, 15) is 9.59 Å². The van der Waals surface area contributed by atoms with E-state index >= 15 is 0 Å². The summed E-state index contributed by atoms with van der Waals surface area (Å²) in [6, 6.07) is 3.20. The number of amides is 1. The van der Waals surface area contributed by atoms with E-state index < -0.39 is 0 Å². The molecule has 0 radical (unpaired) electrons. The lowest BCUT2D eigenvalue weighted by molar-refractivity contribution is 0.0598. The molecule has 1 saturated carbocycles. The Morgan fingerprint density at radius 1 is 1.35 bits per heavy atom. The number of carbonyl (C=O) groups excluding carboxylic acids is 1. The van der Waals surface area contributed by atoms with Gasteiger partial charge < -0.3 is 19.6 Å². The molecule has 0 spiro atoms. The summed E-state index contributed by atoms with van der Waals surface area (Å²) in [7, 11) is 1.72. The number of hydrogen-bond donors (Lipinski definition) is 2. The number of methoxy groups -OCH3 is 1. The van der Waals surface area contributed by atoms with Crippen molar-refractivity contribution in [1.29, 1.82) is 0 Å². The van der Waals surface area contributed by atoms with Crippen LogP contribution in [0, 0.1) is 0 Å². The molecule has 0 aromatic carbocycles. The molecule has 3 rings (SSSR count). The first-order chi connectivity index (χ1) is 11.2. The van der Waals surface area contributed by atoms with Gasteiger partial charge in [0, 0.05) is 31.6 Å². The number of nitrogens with zero attached hydrogens (tertiary/aromatic N) is 2. The SMILES string of the molecule is COC1CCC(NC(=O)c2cc(-n3ccnc3)cc(=O)[nH]2)CC1. The highest BCUT2D eigenvalue weighted by atomic mass is 16.5. The highest BCUT2D eigenvalue weighted by Gasteiger charge is 2.22. The molecule has 1 amide bonds. The number of pyridine rings is 1. The summed E-state index contributed by atoms with van der Waals surface area (Å²) in [4.78, 5) is 30.7. The molecule has 1 fully saturated rings. The van der Waals surface area contributed by atoms with Crippen LogP contribution in [0.1, 0.15) is 36.2 Å². The van der Waals surface area contributed by atoms with Gasteiger partial charge >= 0.3 is 0 Å². The molecule has 1 aliphatic rings. The third-order valence-corrected chi connectivity index (χ3v) is 4.22. The van der Waals surface area contributed by atoms with E-state index in [2.05, 4.69) is 15.3 Å². The highest BCUT2D eigenvalue weighted by molar-refractivity contribution is 5.92. The fraction of sp³-hybridized carbons (Fsp3) is 0.438. The summed E-state index contributed by atoms with van der Waals surface area (Å²) in [6.45, 7) is 0. The zero-order valence-corrected chi connectivity index (χ0v) is 13.0. The molecule has 0 bridgehead atoms. The van der Waals surface area contributed by atoms with Crippen molar-refractivity contribution in [2.24, 2.45) is 0 Å². The Labute approximate surface area is 133 Å². The maximum absolute atomic E-state index is 12.4. The van der Waals surface area contributed by atoms with E-state index in [1.54, 1.807) is 36.5 Å². The number of aromatic nitrogens is 3. The maximum atomic E-state index is 12.4. The monoisotopic (exact) mass is 316 g/mol. The average molecular weight is 316 g/mol. The zero-order chi connectivity index (χ0) is 16.2. The van der Waals surface area contributed by atoms with E-state index in [0.717, 1.165) is 25.7 Å². The molecular weight excluding hydrogens is 296 g/mol. The Morgan fingerprint density at radius 3 is 2.78 bits per heavy atom. The van der Waals surface area contributed by atoms with Gasteiger partial charge in [-0.3, -0.25) is 9.59 Å². The predicted molar refractivity (Wildman–Crippen MR) is 84.7 cm³/mol. The molecule has 2 aromatic rings. The first-order valence-corrected chi connectivity index (χ1v) is 7.72. The van der Waals surface area contributed by atoms with Crippen LogP contribution in [0.15, 0.2) is 35.6 Å². The molecule has 7 nitrogen and oxygen atoms in total. The van der Waals surface area contributed by atoms with Crippen LogP contribution in [0.25, 0.3) is 5.69 Å². The summed E-state index contributed by atoms with van der Waals surface area (Å²) in [5, 5.41) is 2.99. The first kappa shape index (κ1) is 15.5. The van der Waals surface area contributed by atoms with E-state index in [4.69, 9.17) is 4.74 Å². The van der Waals surface area contributed by atoms with Crippen molar-refractivity contribution in [2.45, 2.75) is 37.8 Å². The van der Waals surface area contributed by atoms with Crippen LogP contribution < -0.4 is 10.9 Å². The summed E-state index contributed by atoms with van der Waals surface area (Å²) < 4.78 is 7.02. The minimum atomic E-state index is -0.315. The number of imidazole rings is 1. The lowest BCUT2D eigenvalue weighted by Crippen LogP contribution is -2.39. The number of nitrogens with one attached hydrogen (secondary N) is 2. The molecule has 7 heteroatoms.